The molecule has 0 heterocycles. The number of unbranched alkanes of at least 4 members (excludes halogenated alkanes) is 3. The molecule has 0 amide bonds. The zero-order chi connectivity index (χ0) is 17.2. The van der Waals surface area contributed by atoms with Gasteiger partial charge in [-0.3, -0.25) is 4.79 Å². The van der Waals surface area contributed by atoms with Gasteiger partial charge in [0.25, 0.3) is 0 Å². The first-order valence-electron chi connectivity index (χ1n) is 8.27. The number of methoxy groups -OCH3 is 2. The predicted molar refractivity (Wildman–Crippen MR) is 90.3 cm³/mol. The van der Waals surface area contributed by atoms with Gasteiger partial charge in [-0.1, -0.05) is 55.8 Å². The molecule has 0 saturated heterocycles. The van der Waals surface area contributed by atoms with Gasteiger partial charge in [-0.25, -0.2) is 0 Å². The number of esters is 1. The Balaban J connectivity index is 2.29. The summed E-state index contributed by atoms with van der Waals surface area (Å²) >= 11 is 12.9. The number of ether oxygens (including phenoxy) is 3. The average molecular weight is 365 g/mol. The van der Waals surface area contributed by atoms with Crippen LogP contribution in [0.1, 0.15) is 46.0 Å². The summed E-state index contributed by atoms with van der Waals surface area (Å²) in [5.41, 5.74) is 0. The summed E-state index contributed by atoms with van der Waals surface area (Å²) in [6.45, 7) is 3.60. The van der Waals surface area contributed by atoms with Crippen molar-refractivity contribution >= 4 is 29.2 Å². The molecule has 2 aliphatic carbocycles. The van der Waals surface area contributed by atoms with E-state index in [-0.39, 0.29) is 29.8 Å². The molecule has 0 aromatic rings. The first-order chi connectivity index (χ1) is 10.9. The second-order valence-corrected chi connectivity index (χ2v) is 7.18. The van der Waals surface area contributed by atoms with E-state index >= 15 is 0 Å². The van der Waals surface area contributed by atoms with Gasteiger partial charge in [0.15, 0.2) is 5.79 Å². The van der Waals surface area contributed by atoms with Crippen LogP contribution in [-0.2, 0) is 19.0 Å². The molecule has 0 aromatic carbocycles. The zero-order valence-corrected chi connectivity index (χ0v) is 15.7. The summed E-state index contributed by atoms with van der Waals surface area (Å²) in [5, 5.41) is 1.08. The van der Waals surface area contributed by atoms with Gasteiger partial charge in [0.05, 0.1) is 11.8 Å². The third-order valence-corrected chi connectivity index (χ3v) is 6.13. The van der Waals surface area contributed by atoms with Crippen LogP contribution >= 0.6 is 23.2 Å². The summed E-state index contributed by atoms with van der Waals surface area (Å²) < 4.78 is 17.1. The Morgan fingerprint density at radius 1 is 1.09 bits per heavy atom. The Bertz CT molecular complexity index is 473. The fourth-order valence-corrected chi connectivity index (χ4v) is 5.04. The molecular weight excluding hydrogens is 339 g/mol. The quantitative estimate of drug-likeness (QED) is 0.362. The number of hydrogen-bond donors (Lipinski definition) is 0. The van der Waals surface area contributed by atoms with Gasteiger partial charge in [0.1, 0.15) is 6.10 Å². The van der Waals surface area contributed by atoms with E-state index in [0.29, 0.717) is 10.1 Å². The molecule has 1 saturated carbocycles. The molecule has 1 fully saturated rings. The van der Waals surface area contributed by atoms with Crippen molar-refractivity contribution in [3.8, 4) is 0 Å². The monoisotopic (exact) mass is 364 g/mol. The van der Waals surface area contributed by atoms with Gasteiger partial charge in [0, 0.05) is 37.1 Å². The van der Waals surface area contributed by atoms with Crippen molar-refractivity contribution in [2.45, 2.75) is 57.8 Å². The van der Waals surface area contributed by atoms with Crippen molar-refractivity contribution in [3.63, 3.8) is 0 Å². The smallest absolute Gasteiger partial charge is 0.302 e. The number of hydrogen-bond acceptors (Lipinski definition) is 4. The molecule has 2 aliphatic rings. The Kier molecular flexibility index (Phi) is 6.40. The van der Waals surface area contributed by atoms with E-state index in [1.54, 1.807) is 14.2 Å². The van der Waals surface area contributed by atoms with Crippen molar-refractivity contribution in [2.24, 2.45) is 17.8 Å². The van der Waals surface area contributed by atoms with Crippen molar-refractivity contribution in [2.75, 3.05) is 14.2 Å². The van der Waals surface area contributed by atoms with Gasteiger partial charge in [0.2, 0.25) is 0 Å². The minimum absolute atomic E-state index is 0.0654. The van der Waals surface area contributed by atoms with Crippen LogP contribution < -0.4 is 0 Å². The standard InChI is InChI=1S/C17H26Cl2O4/c1-5-6-7-8-9-11-12-14(18)15(19)13(16(11)23-10(2)20)17(12,21-3)22-4/h11-13,16H,5-9H2,1-4H3/t11-,12-,13-,16-/m0/s1. The highest BCUT2D eigenvalue weighted by molar-refractivity contribution is 6.40. The largest absolute Gasteiger partial charge is 0.461 e. The normalized spacial score (nSPS) is 31.7. The molecule has 23 heavy (non-hydrogen) atoms. The topological polar surface area (TPSA) is 44.8 Å². The average Bonchev–Trinajstić information content (AvgIpc) is 2.90. The number of halogens is 2. The lowest BCUT2D eigenvalue weighted by atomic mass is 9.85. The van der Waals surface area contributed by atoms with Crippen LogP contribution in [0.4, 0.5) is 0 Å². The summed E-state index contributed by atoms with van der Waals surface area (Å²) in [6.07, 6.45) is 5.14. The van der Waals surface area contributed by atoms with Gasteiger partial charge >= 0.3 is 5.97 Å². The van der Waals surface area contributed by atoms with Gasteiger partial charge in [-0.15, -0.1) is 0 Å². The molecule has 0 N–H and O–H groups in total. The molecule has 0 aromatic heterocycles. The van der Waals surface area contributed by atoms with Crippen LogP contribution in [0.3, 0.4) is 0 Å². The van der Waals surface area contributed by atoms with Crippen LogP contribution in [0.25, 0.3) is 0 Å². The van der Waals surface area contributed by atoms with Crippen molar-refractivity contribution < 1.29 is 19.0 Å². The van der Waals surface area contributed by atoms with Crippen LogP contribution in [0.15, 0.2) is 10.1 Å². The number of rotatable bonds is 8. The second kappa shape index (κ2) is 7.73. The highest BCUT2D eigenvalue weighted by atomic mass is 35.5. The summed E-state index contributed by atoms with van der Waals surface area (Å²) in [5.74, 6) is -1.75. The maximum absolute atomic E-state index is 11.6. The summed E-state index contributed by atoms with van der Waals surface area (Å²) in [4.78, 5) is 11.6. The van der Waals surface area contributed by atoms with E-state index in [1.807, 2.05) is 0 Å². The van der Waals surface area contributed by atoms with E-state index in [1.165, 1.54) is 19.8 Å². The maximum atomic E-state index is 11.6. The van der Waals surface area contributed by atoms with E-state index in [9.17, 15) is 4.79 Å². The van der Waals surface area contributed by atoms with Crippen molar-refractivity contribution in [3.05, 3.63) is 10.1 Å². The van der Waals surface area contributed by atoms with Gasteiger partial charge in [-0.2, -0.15) is 0 Å². The number of carbonyl (C=O) groups excluding carboxylic acids is 1. The van der Waals surface area contributed by atoms with Crippen LogP contribution in [0.5, 0.6) is 0 Å². The van der Waals surface area contributed by atoms with Gasteiger partial charge in [-0.05, 0) is 6.42 Å². The van der Waals surface area contributed by atoms with E-state index in [4.69, 9.17) is 37.4 Å². The number of carbonyl (C=O) groups is 1. The van der Waals surface area contributed by atoms with E-state index < -0.39 is 5.79 Å². The van der Waals surface area contributed by atoms with Crippen molar-refractivity contribution in [1.29, 1.82) is 0 Å². The van der Waals surface area contributed by atoms with Crippen LogP contribution in [0, 0.1) is 17.8 Å². The lowest BCUT2D eigenvalue weighted by Crippen LogP contribution is -2.42. The molecule has 2 rings (SSSR count). The molecule has 0 radical (unpaired) electrons. The minimum Gasteiger partial charge on any atom is -0.461 e. The molecule has 2 bridgehead atoms. The molecule has 4 nitrogen and oxygen atoms in total. The Morgan fingerprint density at radius 3 is 2.22 bits per heavy atom. The summed E-state index contributed by atoms with van der Waals surface area (Å²) in [7, 11) is 3.18. The lowest BCUT2D eigenvalue weighted by Gasteiger charge is -2.32. The third-order valence-electron chi connectivity index (χ3n) is 5.15. The van der Waals surface area contributed by atoms with Crippen LogP contribution in [0.2, 0.25) is 0 Å². The first kappa shape index (κ1) is 19.0. The SMILES string of the molecule is CCCCCC[C@@H]1[C@H](OC(C)=O)[C@@H]2C(Cl)=C(Cl)[C@H]1C2(OC)OC. The highest BCUT2D eigenvalue weighted by Crippen LogP contribution is 2.63. The molecular formula is C17H26Cl2O4. The van der Waals surface area contributed by atoms with E-state index in [0.717, 1.165) is 19.3 Å². The molecule has 0 spiro atoms. The third kappa shape index (κ3) is 3.15. The predicted octanol–water partition coefficient (Wildman–Crippen LogP) is 4.44. The van der Waals surface area contributed by atoms with Gasteiger partial charge < -0.3 is 14.2 Å². The lowest BCUT2D eigenvalue weighted by molar-refractivity contribution is -0.237. The Hall–Kier alpha value is -0.290. The number of fused-ring (bicyclic) bond motifs is 2. The van der Waals surface area contributed by atoms with E-state index in [2.05, 4.69) is 6.92 Å². The molecule has 132 valence electrons. The maximum Gasteiger partial charge on any atom is 0.302 e. The van der Waals surface area contributed by atoms with Crippen molar-refractivity contribution in [1.82, 2.24) is 0 Å². The zero-order valence-electron chi connectivity index (χ0n) is 14.2. The Morgan fingerprint density at radius 2 is 1.70 bits per heavy atom. The highest BCUT2D eigenvalue weighted by Gasteiger charge is 2.69. The van der Waals surface area contributed by atoms with Crippen LogP contribution in [-0.4, -0.2) is 32.1 Å². The Labute approximate surface area is 148 Å². The summed E-state index contributed by atoms with van der Waals surface area (Å²) in [6, 6.07) is 0. The molecule has 6 heteroatoms. The fourth-order valence-electron chi connectivity index (χ4n) is 4.22. The second-order valence-electron chi connectivity index (χ2n) is 6.37. The minimum atomic E-state index is -0.941. The molecule has 0 unspecified atom stereocenters. The fraction of sp³-hybridized carbons (Fsp3) is 0.824. The molecule has 0 aliphatic heterocycles. The molecule has 4 atom stereocenters. The first-order valence-corrected chi connectivity index (χ1v) is 9.02.